The molecule has 0 saturated heterocycles. The summed E-state index contributed by atoms with van der Waals surface area (Å²) >= 11 is 1.69. The van der Waals surface area contributed by atoms with Crippen molar-refractivity contribution >= 4 is 21.4 Å². The number of rotatable bonds is 4. The van der Waals surface area contributed by atoms with Crippen LogP contribution >= 0.6 is 11.3 Å². The van der Waals surface area contributed by atoms with Gasteiger partial charge in [-0.15, -0.1) is 11.3 Å². The van der Waals surface area contributed by atoms with Crippen molar-refractivity contribution in [3.8, 4) is 0 Å². The molecule has 0 amide bonds. The lowest BCUT2D eigenvalue weighted by Gasteiger charge is -1.95. The van der Waals surface area contributed by atoms with E-state index in [0.29, 0.717) is 0 Å². The number of fused-ring (bicyclic) bond motifs is 1. The number of halogens is 1. The van der Waals surface area contributed by atoms with Crippen molar-refractivity contribution in [3.05, 3.63) is 35.0 Å². The van der Waals surface area contributed by atoms with E-state index in [-0.39, 0.29) is 5.82 Å². The van der Waals surface area contributed by atoms with Gasteiger partial charge < -0.3 is 5.32 Å². The normalized spacial score (nSPS) is 11.1. The summed E-state index contributed by atoms with van der Waals surface area (Å²) in [6, 6.07) is 7.24. The average molecular weight is 223 g/mol. The zero-order valence-electron chi connectivity index (χ0n) is 8.72. The molecule has 15 heavy (non-hydrogen) atoms. The molecule has 3 heteroatoms. The lowest BCUT2D eigenvalue weighted by Crippen LogP contribution is -2.07. The first kappa shape index (κ1) is 10.6. The Hall–Kier alpha value is -0.930. The van der Waals surface area contributed by atoms with Crippen molar-refractivity contribution in [2.75, 3.05) is 13.6 Å². The van der Waals surface area contributed by atoms with Crippen molar-refractivity contribution in [2.45, 2.75) is 12.8 Å². The molecule has 2 aromatic rings. The molecule has 80 valence electrons. The Morgan fingerprint density at radius 1 is 1.40 bits per heavy atom. The fourth-order valence-electron chi connectivity index (χ4n) is 1.64. The molecule has 1 nitrogen and oxygen atoms in total. The van der Waals surface area contributed by atoms with Gasteiger partial charge in [0.25, 0.3) is 0 Å². The van der Waals surface area contributed by atoms with Crippen molar-refractivity contribution in [3.63, 3.8) is 0 Å². The molecule has 1 N–H and O–H groups in total. The second-order valence-corrected chi connectivity index (χ2v) is 4.74. The molecule has 0 aliphatic rings. The average Bonchev–Trinajstić information content (AvgIpc) is 2.63. The Labute approximate surface area is 92.9 Å². The quantitative estimate of drug-likeness (QED) is 0.785. The summed E-state index contributed by atoms with van der Waals surface area (Å²) in [7, 11) is 1.95. The summed E-state index contributed by atoms with van der Waals surface area (Å²) < 4.78 is 14.4. The largest absolute Gasteiger partial charge is 0.320 e. The van der Waals surface area contributed by atoms with Gasteiger partial charge in [-0.3, -0.25) is 0 Å². The maximum absolute atomic E-state index is 13.4. The summed E-state index contributed by atoms with van der Waals surface area (Å²) in [5.74, 6) is -0.108. The monoisotopic (exact) mass is 223 g/mol. The van der Waals surface area contributed by atoms with Crippen LogP contribution in [0.1, 0.15) is 11.3 Å². The minimum atomic E-state index is -0.108. The van der Waals surface area contributed by atoms with Crippen LogP contribution in [0.15, 0.2) is 24.3 Å². The molecular formula is C12H14FNS. The van der Waals surface area contributed by atoms with E-state index >= 15 is 0 Å². The molecular weight excluding hydrogens is 209 g/mol. The molecule has 2 rings (SSSR count). The lowest BCUT2D eigenvalue weighted by molar-refractivity contribution is 0.640. The molecule has 0 fully saturated rings. The van der Waals surface area contributed by atoms with Gasteiger partial charge in [0.2, 0.25) is 0 Å². The van der Waals surface area contributed by atoms with Gasteiger partial charge in [-0.2, -0.15) is 0 Å². The Morgan fingerprint density at radius 2 is 2.27 bits per heavy atom. The van der Waals surface area contributed by atoms with Crippen LogP contribution in [-0.2, 0) is 6.42 Å². The Bertz CT molecular complexity index is 450. The van der Waals surface area contributed by atoms with Gasteiger partial charge in [-0.25, -0.2) is 4.39 Å². The topological polar surface area (TPSA) is 12.0 Å². The van der Waals surface area contributed by atoms with Crippen LogP contribution < -0.4 is 5.32 Å². The van der Waals surface area contributed by atoms with Gasteiger partial charge in [0.1, 0.15) is 5.82 Å². The third kappa shape index (κ3) is 2.36. The van der Waals surface area contributed by atoms with Crippen molar-refractivity contribution in [1.82, 2.24) is 5.32 Å². The van der Waals surface area contributed by atoms with E-state index in [2.05, 4.69) is 5.32 Å². The van der Waals surface area contributed by atoms with Crippen LogP contribution in [0.25, 0.3) is 10.1 Å². The van der Waals surface area contributed by atoms with E-state index in [1.54, 1.807) is 17.4 Å². The van der Waals surface area contributed by atoms with E-state index < -0.39 is 0 Å². The lowest BCUT2D eigenvalue weighted by atomic mass is 10.2. The maximum atomic E-state index is 13.4. The van der Waals surface area contributed by atoms with Crippen LogP contribution in [0.3, 0.4) is 0 Å². The van der Waals surface area contributed by atoms with E-state index in [0.717, 1.165) is 29.5 Å². The first-order valence-electron chi connectivity index (χ1n) is 5.13. The van der Waals surface area contributed by atoms with Crippen LogP contribution in [-0.4, -0.2) is 13.6 Å². The molecule has 1 heterocycles. The fourth-order valence-corrected chi connectivity index (χ4v) is 2.76. The van der Waals surface area contributed by atoms with Crippen molar-refractivity contribution < 1.29 is 4.39 Å². The fraction of sp³-hybridized carbons (Fsp3) is 0.333. The van der Waals surface area contributed by atoms with Gasteiger partial charge in [-0.05, 0) is 44.6 Å². The molecule has 0 aliphatic heterocycles. The zero-order valence-corrected chi connectivity index (χ0v) is 9.53. The predicted octanol–water partition coefficient (Wildman–Crippen LogP) is 3.19. The minimum Gasteiger partial charge on any atom is -0.320 e. The van der Waals surface area contributed by atoms with Gasteiger partial charge in [0.15, 0.2) is 0 Å². The van der Waals surface area contributed by atoms with Crippen LogP contribution in [0.2, 0.25) is 0 Å². The van der Waals surface area contributed by atoms with Crippen LogP contribution in [0, 0.1) is 5.82 Å². The first-order chi connectivity index (χ1) is 7.31. The molecule has 0 aliphatic carbocycles. The Balaban J connectivity index is 2.20. The second-order valence-electron chi connectivity index (χ2n) is 3.57. The molecule has 0 atom stereocenters. The number of thiophene rings is 1. The molecule has 0 radical (unpaired) electrons. The smallest absolute Gasteiger partial charge is 0.131 e. The number of aryl methyl sites for hydroxylation is 1. The zero-order chi connectivity index (χ0) is 10.7. The van der Waals surface area contributed by atoms with Gasteiger partial charge in [0, 0.05) is 15.0 Å². The highest BCUT2D eigenvalue weighted by Gasteiger charge is 2.05. The highest BCUT2D eigenvalue weighted by molar-refractivity contribution is 7.19. The molecule has 1 aromatic carbocycles. The third-order valence-corrected chi connectivity index (χ3v) is 3.57. The van der Waals surface area contributed by atoms with Gasteiger partial charge in [0.05, 0.1) is 0 Å². The Morgan fingerprint density at radius 3 is 3.00 bits per heavy atom. The van der Waals surface area contributed by atoms with Gasteiger partial charge >= 0.3 is 0 Å². The SMILES string of the molecule is CNCCCc1cc2c(F)cccc2s1. The minimum absolute atomic E-state index is 0.108. The van der Waals surface area contributed by atoms with Crippen LogP contribution in [0.5, 0.6) is 0 Å². The van der Waals surface area contributed by atoms with E-state index in [9.17, 15) is 4.39 Å². The molecule has 1 aromatic heterocycles. The molecule has 0 bridgehead atoms. The summed E-state index contributed by atoms with van der Waals surface area (Å²) in [6.45, 7) is 1.01. The standard InChI is InChI=1S/C12H14FNS/c1-14-7-3-4-9-8-10-11(13)5-2-6-12(10)15-9/h2,5-6,8,14H,3-4,7H2,1H3. The summed E-state index contributed by atoms with van der Waals surface area (Å²) in [5, 5.41) is 3.88. The third-order valence-electron chi connectivity index (χ3n) is 2.41. The van der Waals surface area contributed by atoms with Crippen molar-refractivity contribution in [1.29, 1.82) is 0 Å². The first-order valence-corrected chi connectivity index (χ1v) is 5.94. The van der Waals surface area contributed by atoms with E-state index in [4.69, 9.17) is 0 Å². The molecule has 0 unspecified atom stereocenters. The van der Waals surface area contributed by atoms with E-state index in [1.807, 2.05) is 19.2 Å². The second kappa shape index (κ2) is 4.73. The number of nitrogens with one attached hydrogen (secondary N) is 1. The highest BCUT2D eigenvalue weighted by Crippen LogP contribution is 2.28. The highest BCUT2D eigenvalue weighted by atomic mass is 32.1. The Kier molecular flexibility index (Phi) is 3.34. The summed E-state index contributed by atoms with van der Waals surface area (Å²) in [6.07, 6.45) is 2.13. The molecule has 0 saturated carbocycles. The van der Waals surface area contributed by atoms with Crippen LogP contribution in [0.4, 0.5) is 4.39 Å². The van der Waals surface area contributed by atoms with E-state index in [1.165, 1.54) is 10.9 Å². The van der Waals surface area contributed by atoms with Crippen molar-refractivity contribution in [2.24, 2.45) is 0 Å². The maximum Gasteiger partial charge on any atom is 0.131 e. The van der Waals surface area contributed by atoms with Gasteiger partial charge in [-0.1, -0.05) is 6.07 Å². The number of hydrogen-bond acceptors (Lipinski definition) is 2. The molecule has 0 spiro atoms. The predicted molar refractivity (Wildman–Crippen MR) is 64.0 cm³/mol. The summed E-state index contributed by atoms with van der Waals surface area (Å²) in [5.41, 5.74) is 0. The number of hydrogen-bond donors (Lipinski definition) is 1. The summed E-state index contributed by atoms with van der Waals surface area (Å²) in [4.78, 5) is 1.27. The number of benzene rings is 1.